The summed E-state index contributed by atoms with van der Waals surface area (Å²) in [6.45, 7) is 1.60. The molecule has 114 valence electrons. The molecule has 2 N–H and O–H groups in total. The van der Waals surface area contributed by atoms with Gasteiger partial charge in [-0.3, -0.25) is 9.52 Å². The van der Waals surface area contributed by atoms with Crippen LogP contribution in [0, 0.1) is 0 Å². The third-order valence-electron chi connectivity index (χ3n) is 4.58. The summed E-state index contributed by atoms with van der Waals surface area (Å²) < 4.78 is 26.0. The molecule has 21 heavy (non-hydrogen) atoms. The Bertz CT molecular complexity index is 676. The van der Waals surface area contributed by atoms with Crippen molar-refractivity contribution in [2.45, 2.75) is 44.4 Å². The topological polar surface area (TPSA) is 75.3 Å². The number of hydrogen-bond donors (Lipinski definition) is 2. The maximum Gasteiger partial charge on any atom is 0.235 e. The molecule has 1 spiro atoms. The van der Waals surface area contributed by atoms with E-state index in [1.54, 1.807) is 19.1 Å². The molecule has 0 unspecified atom stereocenters. The fraction of sp³-hybridized carbons (Fsp3) is 0.533. The van der Waals surface area contributed by atoms with E-state index in [1.807, 2.05) is 6.07 Å². The van der Waals surface area contributed by atoms with Gasteiger partial charge in [0.2, 0.25) is 15.9 Å². The zero-order valence-corrected chi connectivity index (χ0v) is 12.9. The molecule has 0 bridgehead atoms. The van der Waals surface area contributed by atoms with E-state index in [0.717, 1.165) is 43.4 Å². The van der Waals surface area contributed by atoms with E-state index in [2.05, 4.69) is 10.0 Å². The number of anilines is 2. The quantitative estimate of drug-likeness (QED) is 0.901. The molecule has 1 heterocycles. The minimum atomic E-state index is -3.30. The Kier molecular flexibility index (Phi) is 3.43. The minimum absolute atomic E-state index is 0.0341. The van der Waals surface area contributed by atoms with Crippen LogP contribution in [0.1, 0.15) is 44.6 Å². The Hall–Kier alpha value is -1.56. The Morgan fingerprint density at radius 3 is 2.62 bits per heavy atom. The van der Waals surface area contributed by atoms with Crippen LogP contribution in [0.5, 0.6) is 0 Å². The molecular weight excluding hydrogens is 288 g/mol. The van der Waals surface area contributed by atoms with Gasteiger partial charge in [0.05, 0.1) is 11.2 Å². The maximum absolute atomic E-state index is 12.4. The van der Waals surface area contributed by atoms with Gasteiger partial charge < -0.3 is 5.32 Å². The smallest absolute Gasteiger partial charge is 0.235 e. The van der Waals surface area contributed by atoms with Crippen molar-refractivity contribution in [1.29, 1.82) is 0 Å². The molecule has 1 aliphatic carbocycles. The number of sulfonamides is 1. The lowest BCUT2D eigenvalue weighted by Gasteiger charge is -2.31. The molecule has 6 heteroatoms. The second-order valence-corrected chi connectivity index (χ2v) is 7.87. The Morgan fingerprint density at radius 2 is 1.95 bits per heavy atom. The van der Waals surface area contributed by atoms with Crippen molar-refractivity contribution in [3.05, 3.63) is 23.8 Å². The van der Waals surface area contributed by atoms with Crippen molar-refractivity contribution >= 4 is 27.3 Å². The highest BCUT2D eigenvalue weighted by Crippen LogP contribution is 2.48. The number of rotatable bonds is 3. The van der Waals surface area contributed by atoms with Crippen LogP contribution in [0.3, 0.4) is 0 Å². The molecular formula is C15H20N2O3S. The number of carbonyl (C=O) groups excluding carboxylic acids is 1. The lowest BCUT2D eigenvalue weighted by atomic mass is 9.70. The van der Waals surface area contributed by atoms with E-state index in [9.17, 15) is 13.2 Å². The normalized spacial score (nSPS) is 20.1. The third kappa shape index (κ3) is 2.41. The van der Waals surface area contributed by atoms with Gasteiger partial charge in [-0.1, -0.05) is 19.3 Å². The lowest BCUT2D eigenvalue weighted by molar-refractivity contribution is -0.121. The van der Waals surface area contributed by atoms with Crippen LogP contribution in [-0.4, -0.2) is 20.1 Å². The molecule has 1 aromatic rings. The van der Waals surface area contributed by atoms with Gasteiger partial charge >= 0.3 is 0 Å². The molecule has 0 atom stereocenters. The van der Waals surface area contributed by atoms with E-state index in [-0.39, 0.29) is 11.7 Å². The summed E-state index contributed by atoms with van der Waals surface area (Å²) in [6, 6.07) is 5.32. The predicted molar refractivity (Wildman–Crippen MR) is 82.9 cm³/mol. The summed E-state index contributed by atoms with van der Waals surface area (Å²) in [7, 11) is -3.30. The van der Waals surface area contributed by atoms with Crippen LogP contribution in [0.25, 0.3) is 0 Å². The summed E-state index contributed by atoms with van der Waals surface area (Å²) in [6.07, 6.45) is 4.92. The van der Waals surface area contributed by atoms with Crippen LogP contribution in [0.15, 0.2) is 18.2 Å². The number of nitrogens with one attached hydrogen (secondary N) is 2. The summed E-state index contributed by atoms with van der Waals surface area (Å²) in [5.41, 5.74) is 1.85. The predicted octanol–water partition coefficient (Wildman–Crippen LogP) is 2.60. The zero-order chi connectivity index (χ0) is 15.1. The molecule has 1 amide bonds. The minimum Gasteiger partial charge on any atom is -0.325 e. The van der Waals surface area contributed by atoms with Gasteiger partial charge in [0.25, 0.3) is 0 Å². The van der Waals surface area contributed by atoms with Crippen molar-refractivity contribution in [3.63, 3.8) is 0 Å². The van der Waals surface area contributed by atoms with E-state index >= 15 is 0 Å². The molecule has 0 radical (unpaired) electrons. The number of fused-ring (bicyclic) bond motifs is 2. The summed E-state index contributed by atoms with van der Waals surface area (Å²) in [5, 5.41) is 2.95. The molecule has 5 nitrogen and oxygen atoms in total. The third-order valence-corrected chi connectivity index (χ3v) is 5.89. The van der Waals surface area contributed by atoms with E-state index in [4.69, 9.17) is 0 Å². The summed E-state index contributed by atoms with van der Waals surface area (Å²) >= 11 is 0. The Morgan fingerprint density at radius 1 is 1.24 bits per heavy atom. The first-order valence-electron chi connectivity index (χ1n) is 7.43. The van der Waals surface area contributed by atoms with Crippen LogP contribution in [0.2, 0.25) is 0 Å². The van der Waals surface area contributed by atoms with Gasteiger partial charge in [0.1, 0.15) is 0 Å². The van der Waals surface area contributed by atoms with Crippen LogP contribution < -0.4 is 10.0 Å². The molecule has 1 fully saturated rings. The molecule has 1 aromatic carbocycles. The second kappa shape index (κ2) is 5.02. The van der Waals surface area contributed by atoms with Gasteiger partial charge in [-0.05, 0) is 43.5 Å². The van der Waals surface area contributed by atoms with Crippen LogP contribution in [0.4, 0.5) is 11.4 Å². The zero-order valence-electron chi connectivity index (χ0n) is 12.1. The molecule has 2 aliphatic rings. The maximum atomic E-state index is 12.4. The Balaban J connectivity index is 2.00. The van der Waals surface area contributed by atoms with E-state index < -0.39 is 15.4 Å². The van der Waals surface area contributed by atoms with Gasteiger partial charge in [-0.2, -0.15) is 0 Å². The van der Waals surface area contributed by atoms with Gasteiger partial charge in [0, 0.05) is 11.4 Å². The molecule has 1 aliphatic heterocycles. The summed E-state index contributed by atoms with van der Waals surface area (Å²) in [4.78, 5) is 12.4. The standard InChI is InChI=1S/C15H20N2O3S/c1-2-21(19,20)17-11-6-7-13-12(10-11)15(14(18)16-13)8-4-3-5-9-15/h6-7,10,17H,2-5,8-9H2,1H3,(H,16,18). The molecule has 3 rings (SSSR count). The van der Waals surface area contributed by atoms with Crippen molar-refractivity contribution in [1.82, 2.24) is 0 Å². The lowest BCUT2D eigenvalue weighted by Crippen LogP contribution is -2.36. The highest BCUT2D eigenvalue weighted by Gasteiger charge is 2.47. The number of carbonyl (C=O) groups is 1. The van der Waals surface area contributed by atoms with Gasteiger partial charge in [0.15, 0.2) is 0 Å². The van der Waals surface area contributed by atoms with E-state index in [1.165, 1.54) is 0 Å². The highest BCUT2D eigenvalue weighted by molar-refractivity contribution is 7.92. The largest absolute Gasteiger partial charge is 0.325 e. The van der Waals surface area contributed by atoms with Gasteiger partial charge in [-0.25, -0.2) is 8.42 Å². The average Bonchev–Trinajstić information content (AvgIpc) is 2.73. The fourth-order valence-corrected chi connectivity index (χ4v) is 4.01. The monoisotopic (exact) mass is 308 g/mol. The van der Waals surface area contributed by atoms with Crippen LogP contribution >= 0.6 is 0 Å². The first-order chi connectivity index (χ1) is 9.97. The number of amides is 1. The number of benzene rings is 1. The molecule has 0 saturated heterocycles. The summed E-state index contributed by atoms with van der Waals surface area (Å²) in [5.74, 6) is 0.0968. The number of hydrogen-bond acceptors (Lipinski definition) is 3. The fourth-order valence-electron chi connectivity index (χ4n) is 3.38. The molecule has 0 aromatic heterocycles. The van der Waals surface area contributed by atoms with Gasteiger partial charge in [-0.15, -0.1) is 0 Å². The van der Waals surface area contributed by atoms with Crippen molar-refractivity contribution in [2.24, 2.45) is 0 Å². The van der Waals surface area contributed by atoms with Crippen molar-refractivity contribution < 1.29 is 13.2 Å². The van der Waals surface area contributed by atoms with Crippen LogP contribution in [-0.2, 0) is 20.2 Å². The van der Waals surface area contributed by atoms with E-state index in [0.29, 0.717) is 5.69 Å². The van der Waals surface area contributed by atoms with Crippen molar-refractivity contribution in [2.75, 3.05) is 15.8 Å². The first kappa shape index (κ1) is 14.4. The average molecular weight is 308 g/mol. The first-order valence-corrected chi connectivity index (χ1v) is 9.08. The van der Waals surface area contributed by atoms with Crippen molar-refractivity contribution in [3.8, 4) is 0 Å². The SMILES string of the molecule is CCS(=O)(=O)Nc1ccc2c(c1)C1(CCCCC1)C(=O)N2. The molecule has 1 saturated carbocycles. The second-order valence-electron chi connectivity index (χ2n) is 5.86. The Labute approximate surface area is 125 Å². The highest BCUT2D eigenvalue weighted by atomic mass is 32.2.